The van der Waals surface area contributed by atoms with Crippen molar-refractivity contribution in [2.75, 3.05) is 11.9 Å². The third-order valence-electron chi connectivity index (χ3n) is 8.29. The number of rotatable bonds is 10. The number of carbonyl (C=O) groups is 1. The number of hydrogen-bond donors (Lipinski definition) is 3. The van der Waals surface area contributed by atoms with Gasteiger partial charge in [0.1, 0.15) is 5.82 Å². The predicted octanol–water partition coefficient (Wildman–Crippen LogP) is 2.87. The van der Waals surface area contributed by atoms with Gasteiger partial charge in [-0.2, -0.15) is 0 Å². The molecule has 4 aromatic rings. The third kappa shape index (κ3) is 6.73. The molecule has 1 aliphatic carbocycles. The second-order valence-corrected chi connectivity index (χ2v) is 13.0. The summed E-state index contributed by atoms with van der Waals surface area (Å²) in [6.07, 6.45) is 3.56. The summed E-state index contributed by atoms with van der Waals surface area (Å²) < 4.78 is 50.8. The highest BCUT2D eigenvalue weighted by Gasteiger charge is 2.34. The summed E-state index contributed by atoms with van der Waals surface area (Å²) in [4.78, 5) is 43.6. The lowest BCUT2D eigenvalue weighted by molar-refractivity contribution is -0.387. The molecule has 0 spiro atoms. The minimum absolute atomic E-state index is 0.0577. The lowest BCUT2D eigenvalue weighted by Crippen LogP contribution is -2.47. The summed E-state index contributed by atoms with van der Waals surface area (Å²) in [6.45, 7) is 0.227. The van der Waals surface area contributed by atoms with E-state index in [1.165, 1.54) is 34.9 Å². The van der Waals surface area contributed by atoms with Crippen molar-refractivity contribution >= 4 is 38.5 Å². The Bertz CT molecular complexity index is 1980. The van der Waals surface area contributed by atoms with Gasteiger partial charge < -0.3 is 19.9 Å². The monoisotopic (exact) mass is 651 g/mol. The number of halogens is 1. The van der Waals surface area contributed by atoms with Crippen LogP contribution in [0.25, 0.3) is 11.0 Å². The number of hydrogen-bond acceptors (Lipinski definition) is 10. The Morgan fingerprint density at radius 2 is 1.89 bits per heavy atom. The van der Waals surface area contributed by atoms with Crippen molar-refractivity contribution in [3.05, 3.63) is 92.8 Å². The molecule has 14 nitrogen and oxygen atoms in total. The first-order valence-corrected chi connectivity index (χ1v) is 16.1. The van der Waals surface area contributed by atoms with Crippen LogP contribution in [0, 0.1) is 21.8 Å². The number of para-hydroxylation sites is 1. The van der Waals surface area contributed by atoms with Gasteiger partial charge in [-0.25, -0.2) is 27.5 Å². The number of nitrogens with one attached hydrogen (secondary N) is 3. The molecule has 46 heavy (non-hydrogen) atoms. The molecule has 0 saturated heterocycles. The van der Waals surface area contributed by atoms with E-state index in [-0.39, 0.29) is 36.5 Å². The summed E-state index contributed by atoms with van der Waals surface area (Å²) in [5.41, 5.74) is 0.158. The molecule has 1 amide bonds. The Kier molecular flexibility index (Phi) is 8.75. The number of ether oxygens (including phenoxy) is 1. The Morgan fingerprint density at radius 1 is 1.11 bits per heavy atom. The Labute approximate surface area is 262 Å². The maximum atomic E-state index is 14.2. The average molecular weight is 652 g/mol. The molecule has 1 unspecified atom stereocenters. The minimum atomic E-state index is -4.41. The van der Waals surface area contributed by atoms with Crippen LogP contribution in [0.5, 0.6) is 5.75 Å². The van der Waals surface area contributed by atoms with Crippen molar-refractivity contribution in [3.8, 4) is 5.75 Å². The highest BCUT2D eigenvalue weighted by atomic mass is 32.2. The number of anilines is 1. The maximum Gasteiger partial charge on any atom is 0.289 e. The number of pyridine rings is 1. The minimum Gasteiger partial charge on any atom is -0.480 e. The van der Waals surface area contributed by atoms with E-state index in [4.69, 9.17) is 4.74 Å². The van der Waals surface area contributed by atoms with Crippen molar-refractivity contribution in [2.24, 2.45) is 5.92 Å². The van der Waals surface area contributed by atoms with Gasteiger partial charge in [0.15, 0.2) is 23.1 Å². The van der Waals surface area contributed by atoms with Crippen LogP contribution in [0.4, 0.5) is 15.9 Å². The zero-order valence-corrected chi connectivity index (χ0v) is 25.2. The number of fused-ring (bicyclic) bond motifs is 2. The van der Waals surface area contributed by atoms with Gasteiger partial charge in [-0.1, -0.05) is 12.1 Å². The molecule has 1 aliphatic heterocycles. The summed E-state index contributed by atoms with van der Waals surface area (Å²) in [5, 5.41) is 17.8. The van der Waals surface area contributed by atoms with E-state index in [2.05, 4.69) is 25.3 Å². The molecule has 240 valence electrons. The number of aromatic nitrogens is 3. The summed E-state index contributed by atoms with van der Waals surface area (Å²) in [6, 6.07) is 11.6. The molecule has 1 atom stereocenters. The Morgan fingerprint density at radius 3 is 2.67 bits per heavy atom. The molecule has 1 saturated carbocycles. The van der Waals surface area contributed by atoms with E-state index < -0.39 is 42.9 Å². The van der Waals surface area contributed by atoms with E-state index in [0.29, 0.717) is 55.0 Å². The quantitative estimate of drug-likeness (QED) is 0.170. The van der Waals surface area contributed by atoms with Gasteiger partial charge in [0.2, 0.25) is 10.0 Å². The van der Waals surface area contributed by atoms with Gasteiger partial charge in [0.25, 0.3) is 17.2 Å². The molecule has 3 N–H and O–H groups in total. The van der Waals surface area contributed by atoms with E-state index in [1.807, 2.05) is 6.07 Å². The molecule has 0 bridgehead atoms. The smallest absolute Gasteiger partial charge is 0.289 e. The third-order valence-corrected chi connectivity index (χ3v) is 9.83. The first-order chi connectivity index (χ1) is 22.1. The molecular formula is C30H30FN7O7S. The molecule has 2 aromatic carbocycles. The molecule has 2 aliphatic rings. The first kappa shape index (κ1) is 31.2. The second-order valence-electron chi connectivity index (χ2n) is 11.3. The van der Waals surface area contributed by atoms with Crippen LogP contribution in [-0.2, 0) is 27.9 Å². The number of nitro groups is 1. The van der Waals surface area contributed by atoms with E-state index in [1.54, 1.807) is 6.07 Å². The highest BCUT2D eigenvalue weighted by Crippen LogP contribution is 2.31. The Balaban J connectivity index is 1.22. The molecular weight excluding hydrogens is 621 g/mol. The normalized spacial score (nSPS) is 18.8. The van der Waals surface area contributed by atoms with Crippen molar-refractivity contribution in [3.63, 3.8) is 0 Å². The lowest BCUT2D eigenvalue weighted by atomic mass is 9.81. The van der Waals surface area contributed by atoms with Crippen LogP contribution in [0.3, 0.4) is 0 Å². The molecule has 2 aromatic heterocycles. The fourth-order valence-electron chi connectivity index (χ4n) is 5.98. The number of sulfonamides is 1. The molecule has 16 heteroatoms. The van der Waals surface area contributed by atoms with Gasteiger partial charge in [-0.3, -0.25) is 19.7 Å². The first-order valence-electron chi connectivity index (χ1n) is 14.6. The van der Waals surface area contributed by atoms with Crippen molar-refractivity contribution in [1.82, 2.24) is 24.6 Å². The van der Waals surface area contributed by atoms with Crippen molar-refractivity contribution in [1.29, 1.82) is 0 Å². The number of benzene rings is 2. The fraction of sp³-hybridized carbons (Fsp3) is 0.333. The largest absolute Gasteiger partial charge is 0.480 e. The topological polar surface area (TPSA) is 187 Å². The summed E-state index contributed by atoms with van der Waals surface area (Å²) in [7, 11) is -4.41. The van der Waals surface area contributed by atoms with Crippen LogP contribution >= 0.6 is 0 Å². The number of carbonyl (C=O) groups excluding carboxylic acids is 1. The maximum absolute atomic E-state index is 14.2. The molecule has 1 fully saturated rings. The SMILES string of the molecule is O=C1COc2ccc(CN[C@H]3CC[C@H](C(Cn4c(=O)cnc5ccc(F)cc54)NS(=O)(=O)c4ccccc4[N+](=O)[O-])CC3)nc2N1. The van der Waals surface area contributed by atoms with Gasteiger partial charge in [-0.05, 0) is 68.0 Å². The van der Waals surface area contributed by atoms with Crippen LogP contribution in [0.1, 0.15) is 31.4 Å². The number of nitrogens with zero attached hydrogens (tertiary/aromatic N) is 4. The van der Waals surface area contributed by atoms with Gasteiger partial charge in [0, 0.05) is 31.2 Å². The summed E-state index contributed by atoms with van der Waals surface area (Å²) >= 11 is 0. The second kappa shape index (κ2) is 12.9. The standard InChI is InChI=1S/C30H30FN7O7S/c31-19-7-11-22-25(13-19)37(29(40)15-33-22)16-23(36-46(43,44)27-4-2-1-3-24(27)38(41)42)18-5-8-20(9-6-18)32-14-21-10-12-26-30(34-21)35-28(39)17-45-26/h1-4,7,10-13,15,18,20,23,32,36H,5-6,8-9,14,16-17H2,(H,34,35,39)/t18-,20-,23?. The van der Waals surface area contributed by atoms with Crippen LogP contribution in [0.15, 0.2) is 70.5 Å². The van der Waals surface area contributed by atoms with Crippen LogP contribution in [-0.4, -0.2) is 52.5 Å². The average Bonchev–Trinajstić information content (AvgIpc) is 3.04. The zero-order chi connectivity index (χ0) is 32.4. The van der Waals surface area contributed by atoms with Gasteiger partial charge >= 0.3 is 0 Å². The van der Waals surface area contributed by atoms with Gasteiger partial charge in [-0.15, -0.1) is 0 Å². The van der Waals surface area contributed by atoms with Crippen LogP contribution in [0.2, 0.25) is 0 Å². The predicted molar refractivity (Wildman–Crippen MR) is 164 cm³/mol. The molecule has 3 heterocycles. The lowest BCUT2D eigenvalue weighted by Gasteiger charge is -2.35. The van der Waals surface area contributed by atoms with E-state index >= 15 is 0 Å². The van der Waals surface area contributed by atoms with Crippen molar-refractivity contribution < 1.29 is 27.3 Å². The van der Waals surface area contributed by atoms with Crippen LogP contribution < -0.4 is 25.7 Å². The number of nitro benzene ring substituents is 1. The van der Waals surface area contributed by atoms with E-state index in [0.717, 1.165) is 18.3 Å². The Hall–Kier alpha value is -4.80. The van der Waals surface area contributed by atoms with Crippen molar-refractivity contribution in [2.45, 2.75) is 55.8 Å². The van der Waals surface area contributed by atoms with Gasteiger partial charge in [0.05, 0.1) is 27.8 Å². The highest BCUT2D eigenvalue weighted by molar-refractivity contribution is 7.89. The fourth-order valence-corrected chi connectivity index (χ4v) is 7.45. The number of amides is 1. The zero-order valence-electron chi connectivity index (χ0n) is 24.4. The molecule has 0 radical (unpaired) electrons. The summed E-state index contributed by atoms with van der Waals surface area (Å²) in [5.74, 6) is -0.245. The molecule has 6 rings (SSSR count). The van der Waals surface area contributed by atoms with E-state index in [9.17, 15) is 32.5 Å².